The van der Waals surface area contributed by atoms with E-state index >= 15 is 0 Å². The Morgan fingerprint density at radius 2 is 0.873 bits per heavy atom. The Morgan fingerprint density at radius 1 is 0.476 bits per heavy atom. The molecule has 25 atom stereocenters. The number of hydrogen-bond donors (Lipinski definition) is 0. The second kappa shape index (κ2) is 22.6. The molecule has 0 radical (unpaired) electrons. The molecule has 0 spiro atoms. The van der Waals surface area contributed by atoms with Crippen LogP contribution in [0.3, 0.4) is 0 Å². The molecule has 0 aromatic heterocycles. The number of ether oxygens (including phenoxy) is 10. The molecule has 0 aliphatic carbocycles. The fourth-order valence-electron chi connectivity index (χ4n) is 10.4. The van der Waals surface area contributed by atoms with E-state index in [-0.39, 0.29) is 59.4 Å². The minimum absolute atomic E-state index is 0.0130. The average Bonchev–Trinajstić information content (AvgIpc) is 3.26. The zero-order valence-electron chi connectivity index (χ0n) is 39.6. The van der Waals surface area contributed by atoms with Gasteiger partial charge in [-0.2, -0.15) is 0 Å². The Kier molecular flexibility index (Phi) is 18.4. The molecule has 0 bridgehead atoms. The van der Waals surface area contributed by atoms with Crippen molar-refractivity contribution in [3.63, 3.8) is 0 Å². The number of carbonyl (C=O) groups is 1. The number of hydrogen-bond acceptors (Lipinski definition) is 14. The second-order valence-corrected chi connectivity index (χ2v) is 18.7. The molecule has 8 unspecified atom stereocenters. The van der Waals surface area contributed by atoms with Crippen molar-refractivity contribution in [1.82, 2.24) is 0 Å². The van der Waals surface area contributed by atoms with Gasteiger partial charge in [0, 0.05) is 33.7 Å². The van der Waals surface area contributed by atoms with E-state index in [2.05, 4.69) is 43.9 Å². The molecule has 63 heavy (non-hydrogen) atoms. The standard InChI is InChI=1S/C43H73N9O11/c1-15-28-18(4)19(5)31(47-50-44)42(56-28)62-37-21(7)23(9)40(63-38(37)26(12)53)61-36-25(11)33(49-52-46)43(58-30(36)17-3)59-34-20(6)22(8)39(55-27(34)13)60-35-24(10)32(48-51-45)41(54-14)57-29(35)16-2/h18-25,27-43H,15-17H2,1-14H3/t18-,19-,20+,21+,22?,23?,24+,25+,27?,28-,29?,30?,31?,32?,33?,34-,35-,36-,37-,38-,39-,40+,41-,42+,43+/m0/s1. The third-order valence-electron chi connectivity index (χ3n) is 15.1. The molecule has 0 aromatic carbocycles. The van der Waals surface area contributed by atoms with Crippen LogP contribution in [0.4, 0.5) is 0 Å². The third kappa shape index (κ3) is 10.8. The van der Waals surface area contributed by atoms with E-state index in [9.17, 15) is 21.4 Å². The van der Waals surface area contributed by atoms with Crippen LogP contribution < -0.4 is 0 Å². The molecule has 5 heterocycles. The number of Topliss-reactive ketones (excluding diaryl/α,β-unsaturated/α-hetero) is 1. The first-order chi connectivity index (χ1) is 30.0. The van der Waals surface area contributed by atoms with Crippen molar-refractivity contribution in [2.75, 3.05) is 7.11 Å². The summed E-state index contributed by atoms with van der Waals surface area (Å²) in [4.78, 5) is 22.7. The summed E-state index contributed by atoms with van der Waals surface area (Å²) in [5, 5.41) is 12.3. The molecule has 0 saturated carbocycles. The van der Waals surface area contributed by atoms with Crippen molar-refractivity contribution in [3.05, 3.63) is 31.3 Å². The number of rotatable bonds is 16. The lowest BCUT2D eigenvalue weighted by Crippen LogP contribution is -2.61. The first kappa shape index (κ1) is 51.2. The van der Waals surface area contributed by atoms with Crippen molar-refractivity contribution in [1.29, 1.82) is 0 Å². The molecule has 5 saturated heterocycles. The summed E-state index contributed by atoms with van der Waals surface area (Å²) in [7, 11) is 1.53. The first-order valence-electron chi connectivity index (χ1n) is 23.1. The third-order valence-corrected chi connectivity index (χ3v) is 15.1. The van der Waals surface area contributed by atoms with Crippen LogP contribution in [0.25, 0.3) is 31.3 Å². The van der Waals surface area contributed by atoms with Gasteiger partial charge in [-0.05, 0) is 85.2 Å². The summed E-state index contributed by atoms with van der Waals surface area (Å²) in [5.41, 5.74) is 28.6. The monoisotopic (exact) mass is 892 g/mol. The zero-order chi connectivity index (χ0) is 46.4. The van der Waals surface area contributed by atoms with Gasteiger partial charge in [0.1, 0.15) is 6.10 Å². The fourth-order valence-corrected chi connectivity index (χ4v) is 10.4. The van der Waals surface area contributed by atoms with E-state index in [4.69, 9.17) is 47.4 Å². The van der Waals surface area contributed by atoms with Crippen LogP contribution in [0.2, 0.25) is 0 Å². The lowest BCUT2D eigenvalue weighted by molar-refractivity contribution is -0.353. The summed E-state index contributed by atoms with van der Waals surface area (Å²) >= 11 is 0. The van der Waals surface area contributed by atoms with Gasteiger partial charge in [-0.1, -0.05) is 91.5 Å². The Morgan fingerprint density at radius 3 is 1.33 bits per heavy atom. The van der Waals surface area contributed by atoms with Gasteiger partial charge in [0.2, 0.25) is 0 Å². The van der Waals surface area contributed by atoms with Crippen molar-refractivity contribution in [3.8, 4) is 0 Å². The molecule has 5 aliphatic rings. The lowest BCUT2D eigenvalue weighted by Gasteiger charge is -2.51. The van der Waals surface area contributed by atoms with Crippen LogP contribution in [0.15, 0.2) is 15.3 Å². The Balaban J connectivity index is 1.29. The Hall–Kier alpha value is -2.80. The molecule has 5 fully saturated rings. The van der Waals surface area contributed by atoms with E-state index in [0.717, 1.165) is 6.42 Å². The van der Waals surface area contributed by atoms with Gasteiger partial charge in [-0.3, -0.25) is 4.79 Å². The number of methoxy groups -OCH3 is 1. The average molecular weight is 892 g/mol. The van der Waals surface area contributed by atoms with Gasteiger partial charge < -0.3 is 47.4 Å². The van der Waals surface area contributed by atoms with E-state index in [1.807, 2.05) is 69.2 Å². The SMILES string of the molecule is CCC1O[C@H](O[C@@H]2C(C)O[C@@H](O[C@@H]3C(CC)O[C@H](OC)C(N=[N+]=[N-])[C@H]3C)C(C)[C@H]2C)C(N=[N+]=[N-])[C@@H](C)[C@@H]1O[C@@H]1O[C@@H](C(C)=O)[C@@H](O[C@H]2O[C@@H](CC)[C@@H](C)[C@H](C)C2N=[N+]=[N-])[C@H](C)C1C. The summed E-state index contributed by atoms with van der Waals surface area (Å²) in [6, 6.07) is -1.95. The molecule has 20 nitrogen and oxygen atoms in total. The van der Waals surface area contributed by atoms with Crippen molar-refractivity contribution in [2.45, 2.75) is 214 Å². The van der Waals surface area contributed by atoms with Gasteiger partial charge >= 0.3 is 0 Å². The van der Waals surface area contributed by atoms with Crippen LogP contribution in [0.1, 0.15) is 109 Å². The van der Waals surface area contributed by atoms with Crippen LogP contribution >= 0.6 is 0 Å². The first-order valence-corrected chi connectivity index (χ1v) is 23.1. The van der Waals surface area contributed by atoms with Crippen molar-refractivity contribution in [2.24, 2.45) is 62.7 Å². The van der Waals surface area contributed by atoms with Gasteiger partial charge in [0.25, 0.3) is 0 Å². The predicted octanol–water partition coefficient (Wildman–Crippen LogP) is 8.76. The van der Waals surface area contributed by atoms with E-state index in [0.29, 0.717) is 12.8 Å². The molecule has 20 heteroatoms. The highest BCUT2D eigenvalue weighted by atomic mass is 16.8. The van der Waals surface area contributed by atoms with E-state index < -0.39 is 98.2 Å². The van der Waals surface area contributed by atoms with Crippen molar-refractivity contribution < 1.29 is 52.2 Å². The maximum absolute atomic E-state index is 13.3. The largest absolute Gasteiger partial charge is 0.355 e. The van der Waals surface area contributed by atoms with Gasteiger partial charge in [0.05, 0.1) is 67.0 Å². The maximum Gasteiger partial charge on any atom is 0.167 e. The summed E-state index contributed by atoms with van der Waals surface area (Å²) in [6.45, 7) is 25.6. The predicted molar refractivity (Wildman–Crippen MR) is 229 cm³/mol. The van der Waals surface area contributed by atoms with Gasteiger partial charge in [-0.25, -0.2) is 0 Å². The summed E-state index contributed by atoms with van der Waals surface area (Å²) in [6.07, 6.45) is -6.45. The van der Waals surface area contributed by atoms with Crippen LogP contribution in [-0.2, 0) is 52.2 Å². The van der Waals surface area contributed by atoms with Crippen LogP contribution in [0, 0.1) is 47.3 Å². The number of ketones is 1. The fraction of sp³-hybridized carbons (Fsp3) is 0.977. The van der Waals surface area contributed by atoms with Crippen molar-refractivity contribution >= 4 is 5.78 Å². The van der Waals surface area contributed by atoms with Gasteiger partial charge in [0.15, 0.2) is 37.2 Å². The minimum Gasteiger partial charge on any atom is -0.355 e. The number of azide groups is 3. The number of nitrogens with zero attached hydrogens (tertiary/aromatic N) is 9. The maximum atomic E-state index is 13.3. The minimum atomic E-state index is -0.990. The normalized spacial score (nSPS) is 47.9. The topological polar surface area (TPSA) is 256 Å². The molecule has 356 valence electrons. The Bertz CT molecular complexity index is 1670. The number of carbonyl (C=O) groups excluding carboxylic acids is 1. The lowest BCUT2D eigenvalue weighted by atomic mass is 9.80. The second-order valence-electron chi connectivity index (χ2n) is 18.7. The molecular weight excluding hydrogens is 819 g/mol. The molecular formula is C43H73N9O11. The smallest absolute Gasteiger partial charge is 0.167 e. The highest BCUT2D eigenvalue weighted by molar-refractivity contribution is 5.81. The highest BCUT2D eigenvalue weighted by Gasteiger charge is 2.54. The quantitative estimate of drug-likeness (QED) is 0.0803. The van der Waals surface area contributed by atoms with E-state index in [1.54, 1.807) is 0 Å². The molecule has 0 amide bonds. The summed E-state index contributed by atoms with van der Waals surface area (Å²) in [5.74, 6) is -1.45. The molecule has 0 N–H and O–H groups in total. The molecule has 0 aromatic rings. The summed E-state index contributed by atoms with van der Waals surface area (Å²) < 4.78 is 64.8. The van der Waals surface area contributed by atoms with Crippen LogP contribution in [-0.4, -0.2) is 117 Å². The molecule has 5 aliphatic heterocycles. The van der Waals surface area contributed by atoms with Gasteiger partial charge in [-0.15, -0.1) is 0 Å². The van der Waals surface area contributed by atoms with Crippen LogP contribution in [0.5, 0.6) is 0 Å². The van der Waals surface area contributed by atoms with E-state index in [1.165, 1.54) is 14.0 Å². The zero-order valence-corrected chi connectivity index (χ0v) is 39.6. The Labute approximate surface area is 372 Å². The molecule has 5 rings (SSSR count). The highest BCUT2D eigenvalue weighted by Crippen LogP contribution is 2.44.